The van der Waals surface area contributed by atoms with E-state index >= 15 is 0 Å². The van der Waals surface area contributed by atoms with Gasteiger partial charge in [-0.3, -0.25) is 0 Å². The lowest BCUT2D eigenvalue weighted by molar-refractivity contribution is -0.120. The minimum atomic E-state index is -3.58. The standard InChI is InChI=1S/C21H28N2O4S/c1-16-20(17(2)27-22-16)28(24,25)23-11-9-21(10-12-23)15-19(8-13-26-21)14-18-6-4-3-5-7-18/h3-7,19H,8-15H2,1-2H3. The van der Waals surface area contributed by atoms with Crippen LogP contribution < -0.4 is 0 Å². The maximum atomic E-state index is 13.1. The van der Waals surface area contributed by atoms with Crippen LogP contribution in [0, 0.1) is 19.8 Å². The Balaban J connectivity index is 1.43. The topological polar surface area (TPSA) is 72.6 Å². The van der Waals surface area contributed by atoms with E-state index < -0.39 is 10.0 Å². The molecule has 2 aromatic rings. The maximum Gasteiger partial charge on any atom is 0.248 e. The molecule has 6 nitrogen and oxygen atoms in total. The number of sulfonamides is 1. The molecule has 0 bridgehead atoms. The van der Waals surface area contributed by atoms with Crippen LogP contribution >= 0.6 is 0 Å². The van der Waals surface area contributed by atoms with Gasteiger partial charge in [0.2, 0.25) is 10.0 Å². The summed E-state index contributed by atoms with van der Waals surface area (Å²) in [4.78, 5) is 0.218. The van der Waals surface area contributed by atoms with Gasteiger partial charge in [-0.1, -0.05) is 35.5 Å². The third-order valence-electron chi connectivity index (χ3n) is 6.16. The van der Waals surface area contributed by atoms with E-state index in [9.17, 15) is 8.42 Å². The summed E-state index contributed by atoms with van der Waals surface area (Å²) in [7, 11) is -3.58. The lowest BCUT2D eigenvalue weighted by Gasteiger charge is -2.46. The van der Waals surface area contributed by atoms with Crippen molar-refractivity contribution in [3.8, 4) is 0 Å². The SMILES string of the molecule is Cc1noc(C)c1S(=O)(=O)N1CCC2(CC1)CC(Cc1ccccc1)CCO2. The van der Waals surface area contributed by atoms with Gasteiger partial charge >= 0.3 is 0 Å². The van der Waals surface area contributed by atoms with Gasteiger partial charge < -0.3 is 9.26 Å². The summed E-state index contributed by atoms with van der Waals surface area (Å²) in [6.45, 7) is 5.03. The minimum absolute atomic E-state index is 0.192. The van der Waals surface area contributed by atoms with E-state index in [1.165, 1.54) is 5.56 Å². The van der Waals surface area contributed by atoms with Gasteiger partial charge in [0, 0.05) is 19.7 Å². The van der Waals surface area contributed by atoms with Crippen LogP contribution in [-0.2, 0) is 21.2 Å². The molecule has 2 fully saturated rings. The largest absolute Gasteiger partial charge is 0.375 e. The van der Waals surface area contributed by atoms with Gasteiger partial charge in [0.1, 0.15) is 10.6 Å². The molecule has 0 aliphatic carbocycles. The molecule has 0 radical (unpaired) electrons. The van der Waals surface area contributed by atoms with Crippen molar-refractivity contribution in [2.75, 3.05) is 19.7 Å². The predicted octanol–water partition coefficient (Wildman–Crippen LogP) is 3.48. The number of aryl methyl sites for hydroxylation is 2. The monoisotopic (exact) mass is 404 g/mol. The summed E-state index contributed by atoms with van der Waals surface area (Å²) in [5.74, 6) is 0.941. The number of benzene rings is 1. The van der Waals surface area contributed by atoms with Gasteiger partial charge in [-0.15, -0.1) is 0 Å². The Kier molecular flexibility index (Phi) is 5.33. The first-order chi connectivity index (χ1) is 13.4. The number of nitrogens with zero attached hydrogens (tertiary/aromatic N) is 2. The van der Waals surface area contributed by atoms with Crippen LogP contribution in [-0.4, -0.2) is 43.2 Å². The van der Waals surface area contributed by atoms with Gasteiger partial charge in [-0.25, -0.2) is 8.42 Å². The van der Waals surface area contributed by atoms with Crippen LogP contribution in [0.3, 0.4) is 0 Å². The molecule has 3 heterocycles. The first-order valence-electron chi connectivity index (χ1n) is 10.0. The van der Waals surface area contributed by atoms with Crippen molar-refractivity contribution in [2.24, 2.45) is 5.92 Å². The Bertz CT molecular complexity index is 896. The zero-order valence-electron chi connectivity index (χ0n) is 16.6. The van der Waals surface area contributed by atoms with Crippen LogP contribution in [0.5, 0.6) is 0 Å². The quantitative estimate of drug-likeness (QED) is 0.780. The van der Waals surface area contributed by atoms with Crippen LogP contribution in [0.1, 0.15) is 42.7 Å². The van der Waals surface area contributed by atoms with E-state index in [4.69, 9.17) is 9.26 Å². The molecule has 0 N–H and O–H groups in total. The number of ether oxygens (including phenoxy) is 1. The first kappa shape index (κ1) is 19.6. The van der Waals surface area contributed by atoms with E-state index in [1.54, 1.807) is 18.2 Å². The Morgan fingerprint density at radius 2 is 1.89 bits per heavy atom. The molecule has 2 aliphatic rings. The van der Waals surface area contributed by atoms with Crippen LogP contribution in [0.2, 0.25) is 0 Å². The number of hydrogen-bond acceptors (Lipinski definition) is 5. The molecular weight excluding hydrogens is 376 g/mol. The van der Waals surface area contributed by atoms with Crippen molar-refractivity contribution >= 4 is 10.0 Å². The Labute approximate surface area is 166 Å². The fraction of sp³-hybridized carbons (Fsp3) is 0.571. The summed E-state index contributed by atoms with van der Waals surface area (Å²) >= 11 is 0. The van der Waals surface area contributed by atoms with E-state index in [2.05, 4.69) is 29.4 Å². The third kappa shape index (κ3) is 3.75. The highest BCUT2D eigenvalue weighted by Crippen LogP contribution is 2.40. The highest BCUT2D eigenvalue weighted by molar-refractivity contribution is 7.89. The Morgan fingerprint density at radius 3 is 2.54 bits per heavy atom. The molecule has 1 atom stereocenters. The number of aromatic nitrogens is 1. The second kappa shape index (κ2) is 7.61. The summed E-state index contributed by atoms with van der Waals surface area (Å²) in [6, 6.07) is 10.6. The molecule has 7 heteroatoms. The number of rotatable bonds is 4. The lowest BCUT2D eigenvalue weighted by Crippen LogP contribution is -2.51. The van der Waals surface area contributed by atoms with Crippen molar-refractivity contribution in [1.82, 2.24) is 9.46 Å². The molecule has 0 amide bonds. The van der Waals surface area contributed by atoms with Crippen molar-refractivity contribution in [1.29, 1.82) is 0 Å². The molecule has 1 aromatic carbocycles. The molecule has 2 saturated heterocycles. The van der Waals surface area contributed by atoms with Gasteiger partial charge in [-0.2, -0.15) is 4.31 Å². The molecule has 4 rings (SSSR count). The number of piperidine rings is 1. The highest BCUT2D eigenvalue weighted by atomic mass is 32.2. The first-order valence-corrected chi connectivity index (χ1v) is 11.4. The molecule has 28 heavy (non-hydrogen) atoms. The Hall–Kier alpha value is -1.70. The van der Waals surface area contributed by atoms with Gasteiger partial charge in [0.05, 0.1) is 5.60 Å². The Morgan fingerprint density at radius 1 is 1.18 bits per heavy atom. The van der Waals surface area contributed by atoms with Gasteiger partial charge in [0.25, 0.3) is 0 Å². The fourth-order valence-corrected chi connectivity index (χ4v) is 6.44. The maximum absolute atomic E-state index is 13.1. The van der Waals surface area contributed by atoms with Crippen molar-refractivity contribution in [2.45, 2.75) is 56.4 Å². The third-order valence-corrected chi connectivity index (χ3v) is 8.31. The molecule has 1 unspecified atom stereocenters. The zero-order chi connectivity index (χ0) is 19.8. The average Bonchev–Trinajstić information content (AvgIpc) is 3.02. The smallest absolute Gasteiger partial charge is 0.248 e. The molecule has 152 valence electrons. The second-order valence-electron chi connectivity index (χ2n) is 8.14. The fourth-order valence-electron chi connectivity index (χ4n) is 4.71. The summed E-state index contributed by atoms with van der Waals surface area (Å²) in [6.07, 6.45) is 4.60. The van der Waals surface area contributed by atoms with E-state index in [0.29, 0.717) is 30.5 Å². The molecule has 0 saturated carbocycles. The zero-order valence-corrected chi connectivity index (χ0v) is 17.4. The summed E-state index contributed by atoms with van der Waals surface area (Å²) in [5.41, 5.74) is 1.60. The second-order valence-corrected chi connectivity index (χ2v) is 10.0. The van der Waals surface area contributed by atoms with Crippen LogP contribution in [0.25, 0.3) is 0 Å². The van der Waals surface area contributed by atoms with Crippen molar-refractivity contribution in [3.63, 3.8) is 0 Å². The van der Waals surface area contributed by atoms with Gasteiger partial charge in [0.15, 0.2) is 5.76 Å². The van der Waals surface area contributed by atoms with Crippen molar-refractivity contribution < 1.29 is 17.7 Å². The predicted molar refractivity (Wildman–Crippen MR) is 106 cm³/mol. The van der Waals surface area contributed by atoms with E-state index in [0.717, 1.165) is 38.7 Å². The molecule has 1 aromatic heterocycles. The lowest BCUT2D eigenvalue weighted by atomic mass is 9.78. The van der Waals surface area contributed by atoms with E-state index in [-0.39, 0.29) is 10.5 Å². The normalized spacial score (nSPS) is 23.1. The van der Waals surface area contributed by atoms with Gasteiger partial charge in [-0.05, 0) is 57.4 Å². The number of hydrogen-bond donors (Lipinski definition) is 0. The summed E-state index contributed by atoms with van der Waals surface area (Å²) < 4.78 is 39.0. The molecule has 1 spiro atoms. The molecule has 2 aliphatic heterocycles. The summed E-state index contributed by atoms with van der Waals surface area (Å²) in [5, 5.41) is 3.80. The average molecular weight is 405 g/mol. The van der Waals surface area contributed by atoms with Crippen LogP contribution in [0.4, 0.5) is 0 Å². The minimum Gasteiger partial charge on any atom is -0.375 e. The molecular formula is C21H28N2O4S. The van der Waals surface area contributed by atoms with Crippen molar-refractivity contribution in [3.05, 3.63) is 47.3 Å². The highest BCUT2D eigenvalue weighted by Gasteiger charge is 2.43. The van der Waals surface area contributed by atoms with Crippen LogP contribution in [0.15, 0.2) is 39.8 Å². The van der Waals surface area contributed by atoms with E-state index in [1.807, 2.05) is 6.07 Å².